The maximum absolute atomic E-state index is 2.62. The van der Waals surface area contributed by atoms with Gasteiger partial charge in [0.15, 0.2) is 0 Å². The van der Waals surface area contributed by atoms with Crippen LogP contribution in [0.4, 0.5) is 0 Å². The monoisotopic (exact) mass is 463 g/mol. The minimum atomic E-state index is -2.05. The van der Waals surface area contributed by atoms with E-state index in [1.807, 2.05) is 0 Å². The standard InChI is InChI=1S/C18H21N.C7H7.Sb/c1-18(2,3)19(14-16-10-6-4-7-11-16)15-17-12-8-5-9-13-17;1-7-5-3-2-4-6-7;/h4-10,12H,14-15H2,1-3H3;3-6H,1H3;. The summed E-state index contributed by atoms with van der Waals surface area (Å²) < 4.78 is 4.80. The van der Waals surface area contributed by atoms with Crippen molar-refractivity contribution < 1.29 is 0 Å². The van der Waals surface area contributed by atoms with Crippen molar-refractivity contribution in [3.05, 3.63) is 89.5 Å². The van der Waals surface area contributed by atoms with Gasteiger partial charge in [0.05, 0.1) is 0 Å². The van der Waals surface area contributed by atoms with Gasteiger partial charge in [0.1, 0.15) is 0 Å². The predicted octanol–water partition coefficient (Wildman–Crippen LogP) is 3.63. The molecule has 0 bridgehead atoms. The molecule has 0 N–H and O–H groups in total. The first kappa shape index (κ1) is 18.8. The molecule has 0 aromatic heterocycles. The number of hydrogen-bond donors (Lipinski definition) is 0. The Morgan fingerprint density at radius 2 is 1.19 bits per heavy atom. The molecule has 0 saturated carbocycles. The van der Waals surface area contributed by atoms with E-state index in [1.165, 1.54) is 16.7 Å². The summed E-state index contributed by atoms with van der Waals surface area (Å²) >= 11 is -2.05. The molecule has 3 aromatic carbocycles. The van der Waals surface area contributed by atoms with Crippen molar-refractivity contribution in [2.45, 2.75) is 46.3 Å². The van der Waals surface area contributed by atoms with Crippen LogP contribution in [0.3, 0.4) is 0 Å². The fraction of sp³-hybridized carbons (Fsp3) is 0.280. The number of rotatable bonds is 1. The zero-order chi connectivity index (χ0) is 19.0. The number of benzene rings is 3. The Labute approximate surface area is 171 Å². The predicted molar refractivity (Wildman–Crippen MR) is 118 cm³/mol. The molecule has 4 rings (SSSR count). The summed E-state index contributed by atoms with van der Waals surface area (Å²) in [5.41, 5.74) is 4.52. The topological polar surface area (TPSA) is 3.24 Å². The zero-order valence-electron chi connectivity index (χ0n) is 16.7. The van der Waals surface area contributed by atoms with Crippen molar-refractivity contribution in [2.75, 3.05) is 0 Å². The van der Waals surface area contributed by atoms with Crippen LogP contribution in [-0.2, 0) is 13.1 Å². The van der Waals surface area contributed by atoms with Crippen LogP contribution in [0.25, 0.3) is 0 Å². The van der Waals surface area contributed by atoms with Crippen LogP contribution in [0.2, 0.25) is 0 Å². The SMILES string of the molecule is Cc1cc[c]([Sb]2[c]3ccccc3CN(C(C)(C)C)Cc3cccc[c]32)cc1. The molecule has 138 valence electrons. The van der Waals surface area contributed by atoms with Gasteiger partial charge in [-0.05, 0) is 0 Å². The van der Waals surface area contributed by atoms with Gasteiger partial charge in [0.2, 0.25) is 0 Å². The Kier molecular flexibility index (Phi) is 5.19. The summed E-state index contributed by atoms with van der Waals surface area (Å²) in [4.78, 5) is 2.62. The second kappa shape index (κ2) is 7.45. The van der Waals surface area contributed by atoms with Crippen molar-refractivity contribution in [2.24, 2.45) is 0 Å². The fourth-order valence-electron chi connectivity index (χ4n) is 3.77. The van der Waals surface area contributed by atoms with Crippen molar-refractivity contribution in [1.82, 2.24) is 4.90 Å². The molecule has 0 unspecified atom stereocenters. The average Bonchev–Trinajstić information content (AvgIpc) is 2.63. The minimum absolute atomic E-state index is 0.142. The van der Waals surface area contributed by atoms with Crippen LogP contribution < -0.4 is 10.5 Å². The molecular weight excluding hydrogens is 436 g/mol. The van der Waals surface area contributed by atoms with E-state index in [2.05, 4.69) is 105 Å². The molecule has 3 aromatic rings. The molecule has 1 aliphatic rings. The number of nitrogens with zero attached hydrogens (tertiary/aromatic N) is 1. The second-order valence-electron chi connectivity index (χ2n) is 8.46. The normalized spacial score (nSPS) is 15.6. The molecule has 2 heteroatoms. The third-order valence-electron chi connectivity index (χ3n) is 5.43. The summed E-state index contributed by atoms with van der Waals surface area (Å²) in [6.45, 7) is 11.2. The quantitative estimate of drug-likeness (QED) is 0.498. The van der Waals surface area contributed by atoms with Gasteiger partial charge in [0, 0.05) is 0 Å². The Bertz CT molecular complexity index is 888. The van der Waals surface area contributed by atoms with Gasteiger partial charge in [-0.1, -0.05) is 0 Å². The summed E-state index contributed by atoms with van der Waals surface area (Å²) in [5.74, 6) is 0. The molecule has 0 fully saturated rings. The summed E-state index contributed by atoms with van der Waals surface area (Å²) in [6, 6.07) is 27.7. The fourth-order valence-corrected chi connectivity index (χ4v) is 11.2. The molecule has 0 saturated heterocycles. The maximum atomic E-state index is 2.62. The Morgan fingerprint density at radius 3 is 1.67 bits per heavy atom. The molecule has 0 aliphatic carbocycles. The number of hydrogen-bond acceptors (Lipinski definition) is 1. The van der Waals surface area contributed by atoms with Gasteiger partial charge < -0.3 is 0 Å². The Balaban J connectivity index is 1.95. The van der Waals surface area contributed by atoms with Crippen LogP contribution >= 0.6 is 0 Å². The van der Waals surface area contributed by atoms with E-state index in [-0.39, 0.29) is 5.54 Å². The zero-order valence-corrected chi connectivity index (χ0v) is 19.3. The Hall–Kier alpha value is -1.56. The third kappa shape index (κ3) is 3.86. The van der Waals surface area contributed by atoms with Crippen molar-refractivity contribution >= 4 is 30.7 Å². The van der Waals surface area contributed by atoms with Crippen molar-refractivity contribution in [3.8, 4) is 0 Å². The van der Waals surface area contributed by atoms with E-state index < -0.39 is 20.2 Å². The summed E-state index contributed by atoms with van der Waals surface area (Å²) in [5, 5.41) is 0. The van der Waals surface area contributed by atoms with Crippen LogP contribution in [-0.4, -0.2) is 30.6 Å². The average molecular weight is 464 g/mol. The molecule has 0 radical (unpaired) electrons. The molecule has 0 spiro atoms. The van der Waals surface area contributed by atoms with E-state index in [9.17, 15) is 0 Å². The first-order valence-electron chi connectivity index (χ1n) is 9.71. The van der Waals surface area contributed by atoms with Crippen LogP contribution in [0, 0.1) is 6.92 Å². The summed E-state index contributed by atoms with van der Waals surface area (Å²) in [7, 11) is 0. The van der Waals surface area contributed by atoms with E-state index >= 15 is 0 Å². The van der Waals surface area contributed by atoms with E-state index in [0.29, 0.717) is 0 Å². The van der Waals surface area contributed by atoms with Crippen LogP contribution in [0.15, 0.2) is 72.8 Å². The van der Waals surface area contributed by atoms with Gasteiger partial charge in [-0.3, -0.25) is 0 Å². The van der Waals surface area contributed by atoms with Crippen molar-refractivity contribution in [3.63, 3.8) is 0 Å². The van der Waals surface area contributed by atoms with Gasteiger partial charge in [-0.15, -0.1) is 0 Å². The molecule has 1 nitrogen and oxygen atoms in total. The molecule has 1 heterocycles. The number of fused-ring (bicyclic) bond motifs is 2. The molecular formula is C25H28NSb. The first-order chi connectivity index (χ1) is 12.9. The molecule has 1 aliphatic heterocycles. The summed E-state index contributed by atoms with van der Waals surface area (Å²) in [6.07, 6.45) is 0. The number of aryl methyl sites for hydroxylation is 1. The Morgan fingerprint density at radius 1 is 0.704 bits per heavy atom. The first-order valence-corrected chi connectivity index (χ1v) is 13.5. The van der Waals surface area contributed by atoms with E-state index in [1.54, 1.807) is 10.5 Å². The molecule has 0 amide bonds. The second-order valence-corrected chi connectivity index (χ2v) is 14.6. The van der Waals surface area contributed by atoms with Gasteiger partial charge in [-0.25, -0.2) is 0 Å². The van der Waals surface area contributed by atoms with Crippen LogP contribution in [0.1, 0.15) is 37.5 Å². The third-order valence-corrected chi connectivity index (χ3v) is 13.0. The molecule has 0 atom stereocenters. The van der Waals surface area contributed by atoms with Gasteiger partial charge in [-0.2, -0.15) is 0 Å². The van der Waals surface area contributed by atoms with E-state index in [0.717, 1.165) is 13.1 Å². The van der Waals surface area contributed by atoms with Crippen molar-refractivity contribution in [1.29, 1.82) is 0 Å². The van der Waals surface area contributed by atoms with Gasteiger partial charge in [0.25, 0.3) is 0 Å². The van der Waals surface area contributed by atoms with Gasteiger partial charge >= 0.3 is 171 Å². The molecule has 27 heavy (non-hydrogen) atoms. The van der Waals surface area contributed by atoms with E-state index in [4.69, 9.17) is 0 Å². The van der Waals surface area contributed by atoms with Crippen LogP contribution in [0.5, 0.6) is 0 Å².